The van der Waals surface area contributed by atoms with E-state index < -0.39 is 0 Å². The molecule has 2 unspecified atom stereocenters. The molecule has 1 aromatic heterocycles. The fraction of sp³-hybridized carbons (Fsp3) is 0.300. The summed E-state index contributed by atoms with van der Waals surface area (Å²) in [4.78, 5) is 3.33. The Bertz CT molecular complexity index is 1520. The summed E-state index contributed by atoms with van der Waals surface area (Å²) in [5.41, 5.74) is 12.7. The molecule has 2 heteroatoms. The highest BCUT2D eigenvalue weighted by atomic mass is 14.8. The lowest BCUT2D eigenvalue weighted by Gasteiger charge is -2.25. The van der Waals surface area contributed by atoms with Crippen molar-refractivity contribution in [2.24, 2.45) is 0 Å². The van der Waals surface area contributed by atoms with Gasteiger partial charge in [-0.25, -0.2) is 0 Å². The fourth-order valence-corrected chi connectivity index (χ4v) is 5.57. The van der Waals surface area contributed by atoms with Crippen LogP contribution in [0.5, 0.6) is 0 Å². The van der Waals surface area contributed by atoms with E-state index in [1.807, 2.05) is 40.9 Å². The van der Waals surface area contributed by atoms with Gasteiger partial charge in [0.1, 0.15) is 0 Å². The Morgan fingerprint density at radius 2 is 1.60 bits per heavy atom. The first-order valence-corrected chi connectivity index (χ1v) is 15.7. The Labute approximate surface area is 255 Å². The van der Waals surface area contributed by atoms with E-state index >= 15 is 0 Å². The zero-order valence-corrected chi connectivity index (χ0v) is 27.0. The number of H-pyrrole nitrogens is 1. The second-order valence-electron chi connectivity index (χ2n) is 10.4. The molecule has 5 rings (SSSR count). The molecule has 220 valence electrons. The predicted octanol–water partition coefficient (Wildman–Crippen LogP) is 11.2. The first-order valence-electron chi connectivity index (χ1n) is 15.7. The minimum atomic E-state index is 0.140. The van der Waals surface area contributed by atoms with Crippen LogP contribution in [0.2, 0.25) is 0 Å². The van der Waals surface area contributed by atoms with Gasteiger partial charge in [-0.05, 0) is 84.8 Å². The van der Waals surface area contributed by atoms with Crippen LogP contribution in [0.1, 0.15) is 77.0 Å². The first kappa shape index (κ1) is 32.6. The lowest BCUT2D eigenvalue weighted by molar-refractivity contribution is 0.725. The number of nitrogens with one attached hydrogen (secondary N) is 2. The quantitative estimate of drug-likeness (QED) is 0.226. The van der Waals surface area contributed by atoms with E-state index in [9.17, 15) is 0 Å². The maximum atomic E-state index is 4.62. The van der Waals surface area contributed by atoms with Crippen molar-refractivity contribution < 1.29 is 0 Å². The molecular formula is C40H50N2. The molecule has 0 aliphatic heterocycles. The van der Waals surface area contributed by atoms with E-state index in [-0.39, 0.29) is 12.0 Å². The summed E-state index contributed by atoms with van der Waals surface area (Å²) in [5.74, 6) is 0.140. The Kier molecular flexibility index (Phi) is 12.4. The van der Waals surface area contributed by atoms with Crippen molar-refractivity contribution in [2.45, 2.75) is 73.3 Å². The highest BCUT2D eigenvalue weighted by Crippen LogP contribution is 2.45. The van der Waals surface area contributed by atoms with Gasteiger partial charge in [0.25, 0.3) is 0 Å². The molecule has 0 saturated heterocycles. The zero-order valence-electron chi connectivity index (χ0n) is 27.0. The predicted molar refractivity (Wildman–Crippen MR) is 187 cm³/mol. The number of benzene rings is 3. The van der Waals surface area contributed by atoms with Crippen molar-refractivity contribution in [3.05, 3.63) is 137 Å². The van der Waals surface area contributed by atoms with Gasteiger partial charge in [0.2, 0.25) is 0 Å². The molecule has 42 heavy (non-hydrogen) atoms. The van der Waals surface area contributed by atoms with Gasteiger partial charge in [0.05, 0.1) is 0 Å². The number of aryl methyl sites for hydroxylation is 1. The monoisotopic (exact) mass is 558 g/mol. The maximum absolute atomic E-state index is 4.62. The Balaban J connectivity index is 0.00000116. The SMILES string of the molecule is C=C1CC=C(c2ccc(C)cc2)C(=C/C(C)NC)/C(=C\CC)C1c1ccc(-c2cccc3[nH]ccc23)cc1.CC.CC. The minimum Gasteiger partial charge on any atom is -0.361 e. The van der Waals surface area contributed by atoms with Crippen LogP contribution in [0.3, 0.4) is 0 Å². The smallest absolute Gasteiger partial charge is 0.0460 e. The highest BCUT2D eigenvalue weighted by molar-refractivity contribution is 5.95. The van der Waals surface area contributed by atoms with E-state index in [0.717, 1.165) is 12.8 Å². The van der Waals surface area contributed by atoms with Crippen LogP contribution in [0.25, 0.3) is 27.6 Å². The average molecular weight is 559 g/mol. The normalized spacial score (nSPS) is 17.6. The highest BCUT2D eigenvalue weighted by Gasteiger charge is 2.28. The van der Waals surface area contributed by atoms with Gasteiger partial charge in [-0.1, -0.05) is 131 Å². The molecule has 0 saturated carbocycles. The van der Waals surface area contributed by atoms with E-state index in [2.05, 4.69) is 129 Å². The van der Waals surface area contributed by atoms with Crippen LogP contribution in [-0.2, 0) is 0 Å². The van der Waals surface area contributed by atoms with E-state index in [1.165, 1.54) is 61.0 Å². The number of likely N-dealkylation sites (N-methyl/N-ethyl adjacent to an activating group) is 1. The van der Waals surface area contributed by atoms with E-state index in [1.54, 1.807) is 0 Å². The Morgan fingerprint density at radius 1 is 0.929 bits per heavy atom. The molecule has 0 spiro atoms. The number of aromatic nitrogens is 1. The van der Waals surface area contributed by atoms with Crippen molar-refractivity contribution >= 4 is 16.5 Å². The van der Waals surface area contributed by atoms with Gasteiger partial charge in [-0.3, -0.25) is 0 Å². The van der Waals surface area contributed by atoms with Crippen LogP contribution < -0.4 is 5.32 Å². The van der Waals surface area contributed by atoms with Crippen molar-refractivity contribution in [1.82, 2.24) is 10.3 Å². The van der Waals surface area contributed by atoms with Crippen molar-refractivity contribution in [1.29, 1.82) is 0 Å². The summed E-state index contributed by atoms with van der Waals surface area (Å²) >= 11 is 0. The molecule has 0 bridgehead atoms. The molecular weight excluding hydrogens is 508 g/mol. The van der Waals surface area contributed by atoms with Gasteiger partial charge in [-0.15, -0.1) is 0 Å². The molecule has 2 N–H and O–H groups in total. The van der Waals surface area contributed by atoms with Crippen molar-refractivity contribution in [3.8, 4) is 11.1 Å². The summed E-state index contributed by atoms with van der Waals surface area (Å²) in [6.07, 6.45) is 11.0. The Hall–Kier alpha value is -3.88. The third-order valence-electron chi connectivity index (χ3n) is 7.70. The summed E-state index contributed by atoms with van der Waals surface area (Å²) in [7, 11) is 2.02. The molecule has 1 aliphatic rings. The largest absolute Gasteiger partial charge is 0.361 e. The lowest BCUT2D eigenvalue weighted by Crippen LogP contribution is -2.20. The van der Waals surface area contributed by atoms with Crippen molar-refractivity contribution in [3.63, 3.8) is 0 Å². The third-order valence-corrected chi connectivity index (χ3v) is 7.70. The Morgan fingerprint density at radius 3 is 2.24 bits per heavy atom. The second-order valence-corrected chi connectivity index (χ2v) is 10.4. The number of hydrogen-bond donors (Lipinski definition) is 2. The van der Waals surface area contributed by atoms with Crippen LogP contribution in [0, 0.1) is 6.92 Å². The van der Waals surface area contributed by atoms with Crippen molar-refractivity contribution in [2.75, 3.05) is 7.05 Å². The van der Waals surface area contributed by atoms with Gasteiger partial charge >= 0.3 is 0 Å². The molecule has 3 aromatic carbocycles. The van der Waals surface area contributed by atoms with Crippen LogP contribution in [0.4, 0.5) is 0 Å². The minimum absolute atomic E-state index is 0.140. The number of fused-ring (bicyclic) bond motifs is 1. The molecule has 1 heterocycles. The number of aromatic amines is 1. The van der Waals surface area contributed by atoms with Gasteiger partial charge in [0, 0.05) is 29.1 Å². The standard InChI is InChI=1S/C36H38N2.2C2H6/c1-6-8-33-34(23-26(4)37-5)31(27-14-11-24(2)12-15-27)20-13-25(3)36(33)29-18-16-28(17-19-29)30-9-7-10-35-32(30)21-22-38-35;2*1-2/h7-12,14-23,26,36-38H,3,6,13H2,1-2,4-5H3;2*1-2H3/b33-8+,34-23-;;. The fourth-order valence-electron chi connectivity index (χ4n) is 5.57. The molecule has 0 amide bonds. The molecule has 4 aromatic rings. The lowest BCUT2D eigenvalue weighted by atomic mass is 9.79. The molecule has 0 radical (unpaired) electrons. The van der Waals surface area contributed by atoms with Crippen LogP contribution >= 0.6 is 0 Å². The van der Waals surface area contributed by atoms with E-state index in [4.69, 9.17) is 0 Å². The van der Waals surface area contributed by atoms with Gasteiger partial charge in [0.15, 0.2) is 0 Å². The topological polar surface area (TPSA) is 27.8 Å². The summed E-state index contributed by atoms with van der Waals surface area (Å²) in [6, 6.07) is 26.9. The summed E-state index contributed by atoms with van der Waals surface area (Å²) in [6.45, 7) is 19.2. The summed E-state index contributed by atoms with van der Waals surface area (Å²) < 4.78 is 0. The second kappa shape index (κ2) is 15.9. The number of allylic oxidation sites excluding steroid dienone is 6. The maximum Gasteiger partial charge on any atom is 0.0460 e. The first-order chi connectivity index (χ1) is 20.5. The van der Waals surface area contributed by atoms with Gasteiger partial charge < -0.3 is 10.3 Å². The summed E-state index contributed by atoms with van der Waals surface area (Å²) in [5, 5.41) is 4.68. The molecule has 1 aliphatic carbocycles. The van der Waals surface area contributed by atoms with Crippen LogP contribution in [-0.4, -0.2) is 18.1 Å². The van der Waals surface area contributed by atoms with Crippen LogP contribution in [0.15, 0.2) is 121 Å². The van der Waals surface area contributed by atoms with Gasteiger partial charge in [-0.2, -0.15) is 0 Å². The van der Waals surface area contributed by atoms with E-state index in [0.29, 0.717) is 0 Å². The number of rotatable bonds is 6. The molecule has 2 atom stereocenters. The molecule has 0 fully saturated rings. The average Bonchev–Trinajstić information content (AvgIpc) is 3.48. The third kappa shape index (κ3) is 7.30. The number of hydrogen-bond acceptors (Lipinski definition) is 1. The molecule has 2 nitrogen and oxygen atoms in total. The zero-order chi connectivity index (χ0) is 30.6.